The Balaban J connectivity index is 4.42. The smallest absolute Gasteiger partial charge is 0.154 e. The summed E-state index contributed by atoms with van der Waals surface area (Å²) in [6.45, 7) is 20.8. The van der Waals surface area contributed by atoms with E-state index in [2.05, 4.69) is 55.5 Å². The number of nitrogens with zero attached hydrogens (tertiary/aromatic N) is 1. The summed E-state index contributed by atoms with van der Waals surface area (Å²) in [5.74, 6) is 0. The van der Waals surface area contributed by atoms with Gasteiger partial charge in [-0.15, -0.1) is 0 Å². The maximum absolute atomic E-state index is 3.85. The van der Waals surface area contributed by atoms with Crippen LogP contribution in [0.15, 0.2) is 38.3 Å². The molecule has 0 bridgehead atoms. The summed E-state index contributed by atoms with van der Waals surface area (Å²) in [6, 6.07) is 2.52. The third kappa shape index (κ3) is 4.85. The average Bonchev–Trinajstić information content (AvgIpc) is 2.17. The molecule has 0 fully saturated rings. The van der Waals surface area contributed by atoms with Crippen LogP contribution in [0.4, 0.5) is 0 Å². The lowest BCUT2D eigenvalue weighted by Gasteiger charge is -2.35. The third-order valence-electron chi connectivity index (χ3n) is 2.95. The number of rotatable bonds is 8. The minimum atomic E-state index is -1.41. The molecule has 0 aromatic rings. The van der Waals surface area contributed by atoms with Gasteiger partial charge >= 0.3 is 0 Å². The van der Waals surface area contributed by atoms with Gasteiger partial charge in [0, 0.05) is 0 Å². The molecule has 0 rings (SSSR count). The fourth-order valence-corrected chi connectivity index (χ4v) is 8.56. The Morgan fingerprint density at radius 1 is 1.00 bits per heavy atom. The van der Waals surface area contributed by atoms with Gasteiger partial charge in [-0.25, -0.2) is 0 Å². The van der Waals surface area contributed by atoms with Gasteiger partial charge in [0.25, 0.3) is 0 Å². The Bertz CT molecular complexity index is 252. The molecule has 0 radical (unpaired) electrons. The van der Waals surface area contributed by atoms with Crippen LogP contribution in [0.1, 0.15) is 0 Å². The standard InChI is InChI=1S/C12H26N2Si2/c1-8-13-15(4,5)11-12-16(6,7)14(9-2)10-3/h8-10,13H,1-3,11-12H2,4-7H3. The van der Waals surface area contributed by atoms with Crippen molar-refractivity contribution in [2.75, 3.05) is 0 Å². The average molecular weight is 255 g/mol. The molecule has 0 aliphatic carbocycles. The minimum absolute atomic E-state index is 1.26. The first-order chi connectivity index (χ1) is 7.29. The summed E-state index contributed by atoms with van der Waals surface area (Å²) in [4.78, 5) is 3.42. The van der Waals surface area contributed by atoms with Crippen molar-refractivity contribution in [3.05, 3.63) is 38.3 Å². The topological polar surface area (TPSA) is 15.3 Å². The molecule has 4 heteroatoms. The van der Waals surface area contributed by atoms with E-state index in [9.17, 15) is 0 Å². The van der Waals surface area contributed by atoms with Crippen molar-refractivity contribution in [2.24, 2.45) is 0 Å². The van der Waals surface area contributed by atoms with Crippen molar-refractivity contribution < 1.29 is 0 Å². The van der Waals surface area contributed by atoms with Gasteiger partial charge < -0.3 is 9.55 Å². The maximum Gasteiger partial charge on any atom is 0.154 e. The van der Waals surface area contributed by atoms with Crippen LogP contribution in [0, 0.1) is 0 Å². The highest BCUT2D eigenvalue weighted by molar-refractivity contribution is 6.80. The highest BCUT2D eigenvalue weighted by Crippen LogP contribution is 2.22. The number of nitrogens with one attached hydrogen (secondary N) is 1. The van der Waals surface area contributed by atoms with Gasteiger partial charge in [0.05, 0.1) is 0 Å². The van der Waals surface area contributed by atoms with Crippen molar-refractivity contribution in [3.8, 4) is 0 Å². The van der Waals surface area contributed by atoms with Crippen LogP contribution in [-0.4, -0.2) is 21.0 Å². The molecule has 0 aliphatic rings. The van der Waals surface area contributed by atoms with Gasteiger partial charge in [-0.2, -0.15) is 0 Å². The zero-order valence-electron chi connectivity index (χ0n) is 11.2. The first kappa shape index (κ1) is 15.3. The molecule has 0 heterocycles. The SMILES string of the molecule is C=CN[Si](C)(C)CC[Si](C)(C)N(C=C)C=C. The normalized spacial score (nSPS) is 11.8. The molecule has 0 saturated heterocycles. The predicted molar refractivity (Wildman–Crippen MR) is 80.1 cm³/mol. The summed E-state index contributed by atoms with van der Waals surface area (Å²) in [6.07, 6.45) is 5.63. The predicted octanol–water partition coefficient (Wildman–Crippen LogP) is 3.72. The Labute approximate surface area is 103 Å². The fraction of sp³-hybridized carbons (Fsp3) is 0.500. The van der Waals surface area contributed by atoms with Crippen LogP contribution < -0.4 is 4.98 Å². The van der Waals surface area contributed by atoms with E-state index < -0.39 is 16.5 Å². The van der Waals surface area contributed by atoms with Gasteiger partial charge in [-0.05, 0) is 30.7 Å². The molecule has 0 spiro atoms. The Kier molecular flexibility index (Phi) is 5.82. The van der Waals surface area contributed by atoms with Crippen molar-refractivity contribution in [2.45, 2.75) is 38.3 Å². The Morgan fingerprint density at radius 3 is 1.88 bits per heavy atom. The Morgan fingerprint density at radius 2 is 1.50 bits per heavy atom. The van der Waals surface area contributed by atoms with E-state index in [1.165, 1.54) is 12.1 Å². The lowest BCUT2D eigenvalue weighted by atomic mass is 10.9. The largest absolute Gasteiger partial charge is 0.417 e. The number of hydrogen-bond donors (Lipinski definition) is 1. The van der Waals surface area contributed by atoms with Crippen LogP contribution in [0.5, 0.6) is 0 Å². The van der Waals surface area contributed by atoms with Crippen LogP contribution in [0.25, 0.3) is 0 Å². The van der Waals surface area contributed by atoms with E-state index in [0.29, 0.717) is 0 Å². The van der Waals surface area contributed by atoms with Crippen molar-refractivity contribution in [1.29, 1.82) is 0 Å². The molecule has 0 aromatic heterocycles. The van der Waals surface area contributed by atoms with Crippen molar-refractivity contribution in [3.63, 3.8) is 0 Å². The van der Waals surface area contributed by atoms with Gasteiger partial charge in [-0.3, -0.25) is 0 Å². The molecule has 1 N–H and O–H groups in total. The zero-order chi connectivity index (χ0) is 12.8. The van der Waals surface area contributed by atoms with E-state index in [1.807, 2.05) is 18.6 Å². The second-order valence-electron chi connectivity index (χ2n) is 5.32. The first-order valence-electron chi connectivity index (χ1n) is 5.71. The Hall–Kier alpha value is -0.746. The van der Waals surface area contributed by atoms with Gasteiger partial charge in [0.2, 0.25) is 0 Å². The maximum atomic E-state index is 3.85. The minimum Gasteiger partial charge on any atom is -0.417 e. The molecule has 0 unspecified atom stereocenters. The van der Waals surface area contributed by atoms with Crippen LogP contribution in [0.3, 0.4) is 0 Å². The summed E-state index contributed by atoms with van der Waals surface area (Å²) in [5, 5.41) is 0. The molecule has 0 aromatic carbocycles. The van der Waals surface area contributed by atoms with Crippen molar-refractivity contribution in [1.82, 2.24) is 9.55 Å². The molecular formula is C12H26N2Si2. The molecular weight excluding hydrogens is 228 g/mol. The first-order valence-corrected chi connectivity index (χ1v) is 12.1. The third-order valence-corrected chi connectivity index (χ3v) is 9.17. The van der Waals surface area contributed by atoms with E-state index in [0.717, 1.165) is 0 Å². The van der Waals surface area contributed by atoms with Gasteiger partial charge in [0.15, 0.2) is 8.24 Å². The highest BCUT2D eigenvalue weighted by Gasteiger charge is 2.29. The summed E-state index contributed by atoms with van der Waals surface area (Å²) < 4.78 is 2.21. The van der Waals surface area contributed by atoms with Crippen molar-refractivity contribution >= 4 is 16.5 Å². The second kappa shape index (κ2) is 6.10. The van der Waals surface area contributed by atoms with Crippen LogP contribution in [0.2, 0.25) is 38.3 Å². The lowest BCUT2D eigenvalue weighted by Crippen LogP contribution is -2.47. The van der Waals surface area contributed by atoms with Gasteiger partial charge in [-0.1, -0.05) is 45.9 Å². The van der Waals surface area contributed by atoms with Crippen LogP contribution >= 0.6 is 0 Å². The fourth-order valence-electron chi connectivity index (χ4n) is 1.66. The van der Waals surface area contributed by atoms with E-state index in [-0.39, 0.29) is 0 Å². The quantitative estimate of drug-likeness (QED) is 0.664. The molecule has 0 amide bonds. The molecule has 0 atom stereocenters. The molecule has 92 valence electrons. The summed E-state index contributed by atoms with van der Waals surface area (Å²) in [5.41, 5.74) is 0. The summed E-state index contributed by atoms with van der Waals surface area (Å²) >= 11 is 0. The lowest BCUT2D eigenvalue weighted by molar-refractivity contribution is 0.753. The summed E-state index contributed by atoms with van der Waals surface area (Å²) in [7, 11) is -2.73. The van der Waals surface area contributed by atoms with E-state index >= 15 is 0 Å². The van der Waals surface area contributed by atoms with E-state index in [4.69, 9.17) is 0 Å². The van der Waals surface area contributed by atoms with Crippen LogP contribution in [-0.2, 0) is 0 Å². The molecule has 0 saturated carbocycles. The van der Waals surface area contributed by atoms with E-state index in [1.54, 1.807) is 0 Å². The molecule has 16 heavy (non-hydrogen) atoms. The monoisotopic (exact) mass is 254 g/mol. The number of hydrogen-bond acceptors (Lipinski definition) is 2. The highest BCUT2D eigenvalue weighted by atomic mass is 28.3. The zero-order valence-corrected chi connectivity index (χ0v) is 13.2. The molecule has 0 aliphatic heterocycles. The van der Waals surface area contributed by atoms with Gasteiger partial charge in [0.1, 0.15) is 8.24 Å². The molecule has 2 nitrogen and oxygen atoms in total. The second-order valence-corrected chi connectivity index (χ2v) is 14.5.